The molecule has 1 aliphatic rings. The fraction of sp³-hybridized carbons (Fsp3) is 0.600. The quantitative estimate of drug-likeness (QED) is 0.927. The Bertz CT molecular complexity index is 433. The molecule has 3 nitrogen and oxygen atoms in total. The van der Waals surface area contributed by atoms with Crippen molar-refractivity contribution >= 4 is 21.6 Å². The van der Waals surface area contributed by atoms with Crippen LogP contribution in [0.25, 0.3) is 0 Å². The number of hydrogen-bond acceptors (Lipinski definition) is 3. The van der Waals surface area contributed by atoms with Crippen LogP contribution in [0.3, 0.4) is 0 Å². The molecule has 0 aliphatic carbocycles. The van der Waals surface area contributed by atoms with E-state index in [0.717, 1.165) is 24.1 Å². The molecule has 1 fully saturated rings. The van der Waals surface area contributed by atoms with Crippen LogP contribution in [0.4, 0.5) is 5.69 Å². The van der Waals surface area contributed by atoms with Crippen molar-refractivity contribution in [2.45, 2.75) is 32.4 Å². The van der Waals surface area contributed by atoms with Crippen LogP contribution in [0.2, 0.25) is 0 Å². The van der Waals surface area contributed by atoms with E-state index in [9.17, 15) is 0 Å². The normalized spacial score (nSPS) is 22.6. The molecule has 4 heteroatoms. The Kier molecular flexibility index (Phi) is 4.87. The number of benzene rings is 1. The SMILES string of the molecule is CCC1CN(c2ccc(C(C)N)cc2Br)CCN1C. The van der Waals surface area contributed by atoms with Crippen LogP contribution in [0.15, 0.2) is 22.7 Å². The summed E-state index contributed by atoms with van der Waals surface area (Å²) < 4.78 is 1.15. The summed E-state index contributed by atoms with van der Waals surface area (Å²) in [5.74, 6) is 0. The number of hydrogen-bond donors (Lipinski definition) is 1. The maximum absolute atomic E-state index is 5.93. The van der Waals surface area contributed by atoms with Gasteiger partial charge in [0.2, 0.25) is 0 Å². The van der Waals surface area contributed by atoms with Gasteiger partial charge in [0.25, 0.3) is 0 Å². The number of nitrogens with zero attached hydrogens (tertiary/aromatic N) is 2. The van der Waals surface area contributed by atoms with Crippen LogP contribution in [0.1, 0.15) is 31.9 Å². The number of nitrogens with two attached hydrogens (primary N) is 1. The molecule has 1 heterocycles. The predicted molar refractivity (Wildman–Crippen MR) is 85.7 cm³/mol. The first-order chi connectivity index (χ1) is 9.02. The van der Waals surface area contributed by atoms with Gasteiger partial charge in [-0.25, -0.2) is 0 Å². The Morgan fingerprint density at radius 2 is 2.16 bits per heavy atom. The van der Waals surface area contributed by atoms with Crippen molar-refractivity contribution in [3.05, 3.63) is 28.2 Å². The fourth-order valence-corrected chi connectivity index (χ4v) is 3.32. The van der Waals surface area contributed by atoms with Gasteiger partial charge >= 0.3 is 0 Å². The number of rotatable bonds is 3. The highest BCUT2D eigenvalue weighted by Crippen LogP contribution is 2.30. The molecule has 0 aromatic heterocycles. The van der Waals surface area contributed by atoms with Crippen LogP contribution < -0.4 is 10.6 Å². The zero-order valence-electron chi connectivity index (χ0n) is 12.1. The molecule has 1 aromatic carbocycles. The lowest BCUT2D eigenvalue weighted by atomic mass is 10.1. The summed E-state index contributed by atoms with van der Waals surface area (Å²) in [4.78, 5) is 4.93. The minimum absolute atomic E-state index is 0.0845. The summed E-state index contributed by atoms with van der Waals surface area (Å²) in [5.41, 5.74) is 8.40. The number of halogens is 1. The van der Waals surface area contributed by atoms with Crippen LogP contribution >= 0.6 is 15.9 Å². The summed E-state index contributed by atoms with van der Waals surface area (Å²) in [6.45, 7) is 7.59. The third-order valence-electron chi connectivity index (χ3n) is 4.09. The van der Waals surface area contributed by atoms with Crippen LogP contribution in [-0.2, 0) is 0 Å². The molecule has 2 atom stereocenters. The van der Waals surface area contributed by atoms with E-state index in [1.165, 1.54) is 17.7 Å². The van der Waals surface area contributed by atoms with Crippen molar-refractivity contribution < 1.29 is 0 Å². The van der Waals surface area contributed by atoms with Crippen LogP contribution in [0, 0.1) is 0 Å². The first-order valence-electron chi connectivity index (χ1n) is 7.03. The van der Waals surface area contributed by atoms with E-state index in [4.69, 9.17) is 5.73 Å². The van der Waals surface area contributed by atoms with E-state index in [1.807, 2.05) is 6.92 Å². The van der Waals surface area contributed by atoms with Crippen molar-refractivity contribution in [1.29, 1.82) is 0 Å². The molecular formula is C15H24BrN3. The molecule has 0 radical (unpaired) electrons. The molecule has 0 amide bonds. The Labute approximate surface area is 124 Å². The molecule has 2 N–H and O–H groups in total. The summed E-state index contributed by atoms with van der Waals surface area (Å²) >= 11 is 3.70. The Morgan fingerprint density at radius 3 is 2.74 bits per heavy atom. The van der Waals surface area contributed by atoms with Gasteiger partial charge in [0.15, 0.2) is 0 Å². The van der Waals surface area contributed by atoms with Crippen molar-refractivity contribution in [2.24, 2.45) is 5.73 Å². The monoisotopic (exact) mass is 325 g/mol. The molecule has 0 spiro atoms. The van der Waals surface area contributed by atoms with E-state index in [2.05, 4.69) is 57.9 Å². The number of likely N-dealkylation sites (N-methyl/N-ethyl adjacent to an activating group) is 1. The van der Waals surface area contributed by atoms with Crippen molar-refractivity contribution in [3.63, 3.8) is 0 Å². The highest BCUT2D eigenvalue weighted by Gasteiger charge is 2.24. The smallest absolute Gasteiger partial charge is 0.0511 e. The summed E-state index contributed by atoms with van der Waals surface area (Å²) in [5, 5.41) is 0. The van der Waals surface area contributed by atoms with Gasteiger partial charge in [0.1, 0.15) is 0 Å². The predicted octanol–water partition coefficient (Wildman–Crippen LogP) is 3.00. The summed E-state index contributed by atoms with van der Waals surface area (Å²) in [6, 6.07) is 7.22. The van der Waals surface area contributed by atoms with Gasteiger partial charge in [-0.05, 0) is 54.0 Å². The zero-order valence-corrected chi connectivity index (χ0v) is 13.7. The minimum atomic E-state index is 0.0845. The van der Waals surface area contributed by atoms with Gasteiger partial charge in [0, 0.05) is 36.2 Å². The standard InChI is InChI=1S/C15H24BrN3/c1-4-13-10-19(8-7-18(13)3)15-6-5-12(11(2)17)9-14(15)16/h5-6,9,11,13H,4,7-8,10,17H2,1-3H3. The summed E-state index contributed by atoms with van der Waals surface area (Å²) in [6.07, 6.45) is 1.20. The average Bonchev–Trinajstić information content (AvgIpc) is 2.39. The Hall–Kier alpha value is -0.580. The molecular weight excluding hydrogens is 302 g/mol. The topological polar surface area (TPSA) is 32.5 Å². The molecule has 1 aromatic rings. The van der Waals surface area contributed by atoms with E-state index < -0.39 is 0 Å². The lowest BCUT2D eigenvalue weighted by molar-refractivity contribution is 0.213. The first kappa shape index (κ1) is 14.8. The Balaban J connectivity index is 2.18. The second kappa shape index (κ2) is 6.25. The highest BCUT2D eigenvalue weighted by atomic mass is 79.9. The van der Waals surface area contributed by atoms with E-state index in [0.29, 0.717) is 6.04 Å². The number of piperazine rings is 1. The fourth-order valence-electron chi connectivity index (χ4n) is 2.67. The molecule has 106 valence electrons. The van der Waals surface area contributed by atoms with Crippen molar-refractivity contribution in [1.82, 2.24) is 4.90 Å². The Morgan fingerprint density at radius 1 is 1.42 bits per heavy atom. The van der Waals surface area contributed by atoms with Gasteiger partial charge in [-0.15, -0.1) is 0 Å². The number of anilines is 1. The van der Waals surface area contributed by atoms with Gasteiger partial charge in [-0.2, -0.15) is 0 Å². The molecule has 2 unspecified atom stereocenters. The molecule has 1 saturated heterocycles. The maximum Gasteiger partial charge on any atom is 0.0511 e. The second-order valence-corrected chi connectivity index (χ2v) is 6.34. The van der Waals surface area contributed by atoms with Gasteiger partial charge < -0.3 is 10.6 Å². The van der Waals surface area contributed by atoms with Gasteiger partial charge in [0.05, 0.1) is 5.69 Å². The van der Waals surface area contributed by atoms with E-state index >= 15 is 0 Å². The third-order valence-corrected chi connectivity index (χ3v) is 4.72. The average molecular weight is 326 g/mol. The lowest BCUT2D eigenvalue weighted by Crippen LogP contribution is -2.51. The zero-order chi connectivity index (χ0) is 14.0. The van der Waals surface area contributed by atoms with E-state index in [-0.39, 0.29) is 6.04 Å². The largest absolute Gasteiger partial charge is 0.368 e. The third kappa shape index (κ3) is 3.30. The molecule has 0 saturated carbocycles. The van der Waals surface area contributed by atoms with Crippen molar-refractivity contribution in [2.75, 3.05) is 31.6 Å². The van der Waals surface area contributed by atoms with Crippen molar-refractivity contribution in [3.8, 4) is 0 Å². The lowest BCUT2D eigenvalue weighted by Gasteiger charge is -2.40. The van der Waals surface area contributed by atoms with Crippen LogP contribution in [-0.4, -0.2) is 37.6 Å². The molecule has 2 rings (SSSR count). The summed E-state index contributed by atoms with van der Waals surface area (Å²) in [7, 11) is 2.22. The first-order valence-corrected chi connectivity index (χ1v) is 7.82. The highest BCUT2D eigenvalue weighted by molar-refractivity contribution is 9.10. The van der Waals surface area contributed by atoms with Crippen LogP contribution in [0.5, 0.6) is 0 Å². The molecule has 0 bridgehead atoms. The van der Waals surface area contributed by atoms with E-state index in [1.54, 1.807) is 0 Å². The van der Waals surface area contributed by atoms with Gasteiger partial charge in [-0.3, -0.25) is 4.90 Å². The molecule has 19 heavy (non-hydrogen) atoms. The minimum Gasteiger partial charge on any atom is -0.368 e. The molecule has 1 aliphatic heterocycles. The maximum atomic E-state index is 5.93. The van der Waals surface area contributed by atoms with Gasteiger partial charge in [-0.1, -0.05) is 13.0 Å². The second-order valence-electron chi connectivity index (χ2n) is 5.49.